The third kappa shape index (κ3) is 3.26. The topological polar surface area (TPSA) is 65.1 Å². The molecule has 1 unspecified atom stereocenters. The number of nitrogens with one attached hydrogen (secondary N) is 1. The van der Waals surface area contributed by atoms with Crippen molar-refractivity contribution in [3.05, 3.63) is 46.7 Å². The van der Waals surface area contributed by atoms with E-state index in [1.807, 2.05) is 31.6 Å². The minimum Gasteiger partial charge on any atom is -0.496 e. The van der Waals surface area contributed by atoms with Gasteiger partial charge in [-0.05, 0) is 24.1 Å². The van der Waals surface area contributed by atoms with Crippen molar-refractivity contribution in [3.63, 3.8) is 0 Å². The van der Waals surface area contributed by atoms with E-state index < -0.39 is 0 Å². The van der Waals surface area contributed by atoms with Crippen LogP contribution in [0.15, 0.2) is 30.6 Å². The molecular weight excluding hydrogens is 264 g/mol. The number of hydrogen-bond acceptors (Lipinski definition) is 4. The summed E-state index contributed by atoms with van der Waals surface area (Å²) in [5, 5.41) is 4.79. The van der Waals surface area contributed by atoms with Gasteiger partial charge in [-0.2, -0.15) is 5.10 Å². The third-order valence-electron chi connectivity index (χ3n) is 2.97. The van der Waals surface area contributed by atoms with Crippen molar-refractivity contribution in [1.29, 1.82) is 0 Å². The number of hydrazine groups is 1. The maximum absolute atomic E-state index is 5.96. The fourth-order valence-electron chi connectivity index (χ4n) is 2.04. The lowest BCUT2D eigenvalue weighted by molar-refractivity contribution is 0.399. The summed E-state index contributed by atoms with van der Waals surface area (Å²) >= 11 is 5.96. The molecule has 2 rings (SSSR count). The van der Waals surface area contributed by atoms with Crippen LogP contribution in [0.4, 0.5) is 0 Å². The van der Waals surface area contributed by atoms with Crippen molar-refractivity contribution in [2.24, 2.45) is 12.9 Å². The van der Waals surface area contributed by atoms with Gasteiger partial charge in [0.1, 0.15) is 5.75 Å². The molecule has 6 heteroatoms. The molecular formula is C13H17ClN4O. The summed E-state index contributed by atoms with van der Waals surface area (Å²) in [7, 11) is 3.50. The van der Waals surface area contributed by atoms with Crippen molar-refractivity contribution in [3.8, 4) is 5.75 Å². The second-order valence-electron chi connectivity index (χ2n) is 4.33. The average Bonchev–Trinajstić information content (AvgIpc) is 2.81. The third-order valence-corrected chi connectivity index (χ3v) is 3.21. The molecule has 0 radical (unpaired) electrons. The molecule has 1 aromatic carbocycles. The van der Waals surface area contributed by atoms with E-state index >= 15 is 0 Å². The van der Waals surface area contributed by atoms with Crippen molar-refractivity contribution in [2.75, 3.05) is 7.11 Å². The number of rotatable bonds is 5. The molecule has 0 saturated heterocycles. The molecule has 5 nitrogen and oxygen atoms in total. The first kappa shape index (κ1) is 13.9. The predicted octanol–water partition coefficient (Wildman–Crippen LogP) is 1.83. The molecule has 102 valence electrons. The van der Waals surface area contributed by atoms with Gasteiger partial charge in [-0.15, -0.1) is 0 Å². The first-order valence-corrected chi connectivity index (χ1v) is 6.29. The smallest absolute Gasteiger partial charge is 0.125 e. The second-order valence-corrected chi connectivity index (χ2v) is 4.77. The van der Waals surface area contributed by atoms with Gasteiger partial charge in [0.15, 0.2) is 0 Å². The van der Waals surface area contributed by atoms with Crippen LogP contribution in [0, 0.1) is 0 Å². The lowest BCUT2D eigenvalue weighted by Crippen LogP contribution is -2.29. The number of nitrogens with two attached hydrogens (primary N) is 1. The summed E-state index contributed by atoms with van der Waals surface area (Å²) in [6.07, 6.45) is 4.52. The van der Waals surface area contributed by atoms with Crippen molar-refractivity contribution in [2.45, 2.75) is 12.5 Å². The van der Waals surface area contributed by atoms with Crippen LogP contribution in [0.2, 0.25) is 5.02 Å². The predicted molar refractivity (Wildman–Crippen MR) is 75.0 cm³/mol. The summed E-state index contributed by atoms with van der Waals surface area (Å²) in [5.41, 5.74) is 4.88. The Balaban J connectivity index is 2.26. The van der Waals surface area contributed by atoms with Gasteiger partial charge >= 0.3 is 0 Å². The lowest BCUT2D eigenvalue weighted by Gasteiger charge is -2.18. The summed E-state index contributed by atoms with van der Waals surface area (Å²) < 4.78 is 7.12. The van der Waals surface area contributed by atoms with Gasteiger partial charge < -0.3 is 4.74 Å². The van der Waals surface area contributed by atoms with E-state index in [1.54, 1.807) is 17.9 Å². The van der Waals surface area contributed by atoms with Crippen LogP contribution in [0.1, 0.15) is 17.2 Å². The Bertz CT molecular complexity index is 555. The Hall–Kier alpha value is -1.56. The standard InChI is InChI=1S/C13H17ClN4O/c1-18-8-9(7-16-18)5-12(17-15)11-4-3-10(14)6-13(11)19-2/h3-4,6-8,12,17H,5,15H2,1-2H3. The number of hydrogen-bond donors (Lipinski definition) is 2. The number of halogens is 1. The highest BCUT2D eigenvalue weighted by molar-refractivity contribution is 6.30. The molecule has 2 aromatic rings. The first-order chi connectivity index (χ1) is 9.13. The van der Waals surface area contributed by atoms with Gasteiger partial charge in [-0.25, -0.2) is 0 Å². The molecule has 1 atom stereocenters. The largest absolute Gasteiger partial charge is 0.496 e. The molecule has 0 aliphatic carbocycles. The minimum absolute atomic E-state index is 0.0589. The highest BCUT2D eigenvalue weighted by Gasteiger charge is 2.16. The lowest BCUT2D eigenvalue weighted by atomic mass is 10.0. The first-order valence-electron chi connectivity index (χ1n) is 5.91. The summed E-state index contributed by atoms with van der Waals surface area (Å²) in [6, 6.07) is 5.47. The number of aromatic nitrogens is 2. The Labute approximate surface area is 117 Å². The van der Waals surface area contributed by atoms with Crippen molar-refractivity contribution < 1.29 is 4.74 Å². The van der Waals surface area contributed by atoms with Gasteiger partial charge in [0, 0.05) is 23.8 Å². The quantitative estimate of drug-likeness (QED) is 0.648. The van der Waals surface area contributed by atoms with E-state index in [4.69, 9.17) is 22.2 Å². The number of ether oxygens (including phenoxy) is 1. The molecule has 0 spiro atoms. The van der Waals surface area contributed by atoms with Gasteiger partial charge in [0.25, 0.3) is 0 Å². The minimum atomic E-state index is -0.0589. The highest BCUT2D eigenvalue weighted by Crippen LogP contribution is 2.29. The Kier molecular flexibility index (Phi) is 4.42. The van der Waals surface area contributed by atoms with Crippen molar-refractivity contribution >= 4 is 11.6 Å². The van der Waals surface area contributed by atoms with Gasteiger partial charge in [-0.3, -0.25) is 16.0 Å². The maximum atomic E-state index is 5.96. The van der Waals surface area contributed by atoms with Crippen LogP contribution in [0.25, 0.3) is 0 Å². The molecule has 0 fully saturated rings. The number of nitrogens with zero attached hydrogens (tertiary/aromatic N) is 2. The van der Waals surface area contributed by atoms with E-state index in [0.29, 0.717) is 5.02 Å². The second kappa shape index (κ2) is 6.06. The molecule has 19 heavy (non-hydrogen) atoms. The van der Waals surface area contributed by atoms with Crippen molar-refractivity contribution in [1.82, 2.24) is 15.2 Å². The van der Waals surface area contributed by atoms with E-state index in [2.05, 4.69) is 10.5 Å². The van der Waals surface area contributed by atoms with Gasteiger partial charge in [-0.1, -0.05) is 17.7 Å². The molecule has 3 N–H and O–H groups in total. The van der Waals surface area contributed by atoms with Crippen LogP contribution in [-0.2, 0) is 13.5 Å². The molecule has 0 saturated carbocycles. The zero-order valence-electron chi connectivity index (χ0n) is 10.9. The Morgan fingerprint density at radius 3 is 2.89 bits per heavy atom. The molecule has 0 amide bonds. The zero-order chi connectivity index (χ0) is 13.8. The van der Waals surface area contributed by atoms with E-state index in [0.717, 1.165) is 23.3 Å². The van der Waals surface area contributed by atoms with Crippen LogP contribution in [-0.4, -0.2) is 16.9 Å². The Morgan fingerprint density at radius 2 is 2.32 bits per heavy atom. The fraction of sp³-hybridized carbons (Fsp3) is 0.308. The van der Waals surface area contributed by atoms with Crippen LogP contribution < -0.4 is 16.0 Å². The SMILES string of the molecule is COc1cc(Cl)ccc1C(Cc1cnn(C)c1)NN. The Morgan fingerprint density at radius 1 is 1.53 bits per heavy atom. The summed E-state index contributed by atoms with van der Waals surface area (Å²) in [5.74, 6) is 6.38. The number of methoxy groups -OCH3 is 1. The fourth-order valence-corrected chi connectivity index (χ4v) is 2.21. The normalized spacial score (nSPS) is 12.4. The summed E-state index contributed by atoms with van der Waals surface area (Å²) in [4.78, 5) is 0. The van der Waals surface area contributed by atoms with E-state index in [1.165, 1.54) is 0 Å². The van der Waals surface area contributed by atoms with Crippen LogP contribution in [0.3, 0.4) is 0 Å². The molecule has 0 aliphatic heterocycles. The molecule has 0 aliphatic rings. The molecule has 1 aromatic heterocycles. The molecule has 0 bridgehead atoms. The van der Waals surface area contributed by atoms with Gasteiger partial charge in [0.2, 0.25) is 0 Å². The average molecular weight is 281 g/mol. The van der Waals surface area contributed by atoms with E-state index in [9.17, 15) is 0 Å². The van der Waals surface area contributed by atoms with Crippen LogP contribution in [0.5, 0.6) is 5.75 Å². The maximum Gasteiger partial charge on any atom is 0.125 e. The monoisotopic (exact) mass is 280 g/mol. The highest BCUT2D eigenvalue weighted by atomic mass is 35.5. The molecule has 1 heterocycles. The number of benzene rings is 1. The van der Waals surface area contributed by atoms with Crippen LogP contribution >= 0.6 is 11.6 Å². The number of aryl methyl sites for hydroxylation is 1. The van der Waals surface area contributed by atoms with Gasteiger partial charge in [0.05, 0.1) is 19.3 Å². The zero-order valence-corrected chi connectivity index (χ0v) is 11.7. The van der Waals surface area contributed by atoms with E-state index in [-0.39, 0.29) is 6.04 Å². The summed E-state index contributed by atoms with van der Waals surface area (Å²) in [6.45, 7) is 0.